The average molecular weight is 284 g/mol. The largest absolute Gasteiger partial charge is 0.382 e. The average Bonchev–Trinajstić information content (AvgIpc) is 3.00. The fourth-order valence-corrected chi connectivity index (χ4v) is 3.09. The Bertz CT molecular complexity index is 561. The molecule has 3 rings (SSSR count). The molecule has 3 unspecified atom stereocenters. The number of nitrogens with one attached hydrogen (secondary N) is 1. The third kappa shape index (κ3) is 3.10. The van der Waals surface area contributed by atoms with E-state index in [1.165, 1.54) is 12.1 Å². The van der Waals surface area contributed by atoms with Crippen molar-refractivity contribution in [2.45, 2.75) is 32.4 Å². The smallest absolute Gasteiger partial charge is 0.0647 e. The number of likely N-dealkylation sites (tertiary alicyclic amines) is 1. The SMILES string of the molecule is CC1CN(C)C(C)CC1Nc1ccc(-n2cccn2)cc1. The van der Waals surface area contributed by atoms with Crippen molar-refractivity contribution < 1.29 is 0 Å². The Morgan fingerprint density at radius 3 is 2.62 bits per heavy atom. The zero-order valence-electron chi connectivity index (χ0n) is 13.0. The molecule has 1 aromatic carbocycles. The molecule has 0 radical (unpaired) electrons. The van der Waals surface area contributed by atoms with E-state index in [-0.39, 0.29) is 0 Å². The number of rotatable bonds is 3. The maximum absolute atomic E-state index is 4.25. The van der Waals surface area contributed by atoms with E-state index in [1.807, 2.05) is 16.9 Å². The molecule has 1 aliphatic heterocycles. The molecule has 0 spiro atoms. The van der Waals surface area contributed by atoms with Gasteiger partial charge < -0.3 is 10.2 Å². The monoisotopic (exact) mass is 284 g/mol. The molecule has 1 aromatic heterocycles. The first-order chi connectivity index (χ1) is 10.1. The second-order valence-electron chi connectivity index (χ2n) is 6.25. The minimum atomic E-state index is 0.548. The van der Waals surface area contributed by atoms with Gasteiger partial charge in [0.1, 0.15) is 0 Å². The molecular formula is C17H24N4. The Morgan fingerprint density at radius 2 is 1.95 bits per heavy atom. The molecule has 1 fully saturated rings. The van der Waals surface area contributed by atoms with Crippen molar-refractivity contribution in [1.29, 1.82) is 0 Å². The van der Waals surface area contributed by atoms with Crippen LogP contribution >= 0.6 is 0 Å². The lowest BCUT2D eigenvalue weighted by molar-refractivity contribution is 0.145. The first kappa shape index (κ1) is 14.1. The highest BCUT2D eigenvalue weighted by Crippen LogP contribution is 2.24. The summed E-state index contributed by atoms with van der Waals surface area (Å²) >= 11 is 0. The van der Waals surface area contributed by atoms with Gasteiger partial charge in [-0.15, -0.1) is 0 Å². The summed E-state index contributed by atoms with van der Waals surface area (Å²) in [5, 5.41) is 7.95. The van der Waals surface area contributed by atoms with Crippen LogP contribution in [0.3, 0.4) is 0 Å². The van der Waals surface area contributed by atoms with Crippen molar-refractivity contribution in [3.8, 4) is 5.69 Å². The van der Waals surface area contributed by atoms with Crippen LogP contribution in [-0.2, 0) is 0 Å². The standard InChI is InChI=1S/C17H24N4/c1-13-12-20(3)14(2)11-17(13)19-15-5-7-16(8-6-15)21-10-4-9-18-21/h4-10,13-14,17,19H,11-12H2,1-3H3. The number of hydrogen-bond donors (Lipinski definition) is 1. The second kappa shape index (κ2) is 5.90. The van der Waals surface area contributed by atoms with Crippen molar-refractivity contribution in [2.75, 3.05) is 18.9 Å². The molecule has 112 valence electrons. The third-order valence-corrected chi connectivity index (χ3v) is 4.60. The number of hydrogen-bond acceptors (Lipinski definition) is 3. The minimum Gasteiger partial charge on any atom is -0.382 e. The van der Waals surface area contributed by atoms with Gasteiger partial charge in [0, 0.05) is 36.7 Å². The van der Waals surface area contributed by atoms with E-state index in [1.54, 1.807) is 6.20 Å². The Hall–Kier alpha value is -1.81. The number of nitrogens with zero attached hydrogens (tertiary/aromatic N) is 3. The normalized spacial score (nSPS) is 26.7. The van der Waals surface area contributed by atoms with E-state index in [4.69, 9.17) is 0 Å². The molecule has 2 heterocycles. The van der Waals surface area contributed by atoms with Gasteiger partial charge in [-0.2, -0.15) is 5.10 Å². The summed E-state index contributed by atoms with van der Waals surface area (Å²) in [7, 11) is 2.22. The van der Waals surface area contributed by atoms with Crippen molar-refractivity contribution >= 4 is 5.69 Å². The Kier molecular flexibility index (Phi) is 3.97. The molecule has 1 N–H and O–H groups in total. The fourth-order valence-electron chi connectivity index (χ4n) is 3.09. The molecule has 0 aliphatic carbocycles. The summed E-state index contributed by atoms with van der Waals surface area (Å²) < 4.78 is 1.88. The highest BCUT2D eigenvalue weighted by Gasteiger charge is 2.28. The van der Waals surface area contributed by atoms with Crippen LogP contribution in [0.4, 0.5) is 5.69 Å². The fraction of sp³-hybridized carbons (Fsp3) is 0.471. The van der Waals surface area contributed by atoms with Crippen LogP contribution in [0.25, 0.3) is 5.69 Å². The summed E-state index contributed by atoms with van der Waals surface area (Å²) in [6, 6.07) is 11.6. The van der Waals surface area contributed by atoms with E-state index in [2.05, 4.69) is 60.5 Å². The summed E-state index contributed by atoms with van der Waals surface area (Å²) in [5.41, 5.74) is 2.29. The van der Waals surface area contributed by atoms with Crippen molar-refractivity contribution in [2.24, 2.45) is 5.92 Å². The molecule has 1 aliphatic rings. The zero-order chi connectivity index (χ0) is 14.8. The maximum atomic E-state index is 4.25. The van der Waals surface area contributed by atoms with Gasteiger partial charge in [0.2, 0.25) is 0 Å². The zero-order valence-corrected chi connectivity index (χ0v) is 13.0. The van der Waals surface area contributed by atoms with Crippen LogP contribution in [0.2, 0.25) is 0 Å². The number of benzene rings is 1. The van der Waals surface area contributed by atoms with Crippen molar-refractivity contribution in [3.05, 3.63) is 42.7 Å². The summed E-state index contributed by atoms with van der Waals surface area (Å²) in [4.78, 5) is 2.45. The van der Waals surface area contributed by atoms with Gasteiger partial charge in [0.05, 0.1) is 5.69 Å². The van der Waals surface area contributed by atoms with Crippen LogP contribution < -0.4 is 5.32 Å². The van der Waals surface area contributed by atoms with Gasteiger partial charge >= 0.3 is 0 Å². The second-order valence-corrected chi connectivity index (χ2v) is 6.25. The Morgan fingerprint density at radius 1 is 1.19 bits per heavy atom. The molecule has 3 atom stereocenters. The molecule has 2 aromatic rings. The number of piperidine rings is 1. The van der Waals surface area contributed by atoms with Crippen molar-refractivity contribution in [3.63, 3.8) is 0 Å². The molecule has 4 nitrogen and oxygen atoms in total. The first-order valence-electron chi connectivity index (χ1n) is 7.70. The lowest BCUT2D eigenvalue weighted by atomic mass is 9.89. The van der Waals surface area contributed by atoms with E-state index in [0.29, 0.717) is 18.0 Å². The summed E-state index contributed by atoms with van der Waals surface area (Å²) in [6.07, 6.45) is 4.95. The lowest BCUT2D eigenvalue weighted by Crippen LogP contribution is -2.48. The predicted octanol–water partition coefficient (Wildman–Crippen LogP) is 3.01. The summed E-state index contributed by atoms with van der Waals surface area (Å²) in [5.74, 6) is 0.664. The predicted molar refractivity (Wildman–Crippen MR) is 86.8 cm³/mol. The molecule has 0 saturated carbocycles. The van der Waals surface area contributed by atoms with Gasteiger partial charge in [0.15, 0.2) is 0 Å². The van der Waals surface area contributed by atoms with Crippen LogP contribution in [-0.4, -0.2) is 40.4 Å². The highest BCUT2D eigenvalue weighted by atomic mass is 15.3. The molecule has 0 amide bonds. The third-order valence-electron chi connectivity index (χ3n) is 4.60. The van der Waals surface area contributed by atoms with Gasteiger partial charge in [-0.3, -0.25) is 0 Å². The van der Waals surface area contributed by atoms with Crippen molar-refractivity contribution in [1.82, 2.24) is 14.7 Å². The van der Waals surface area contributed by atoms with Gasteiger partial charge in [-0.1, -0.05) is 6.92 Å². The van der Waals surface area contributed by atoms with E-state index in [0.717, 1.165) is 12.2 Å². The summed E-state index contributed by atoms with van der Waals surface area (Å²) in [6.45, 7) is 5.80. The van der Waals surface area contributed by atoms with Crippen LogP contribution in [0.15, 0.2) is 42.7 Å². The molecule has 1 saturated heterocycles. The maximum Gasteiger partial charge on any atom is 0.0647 e. The van der Waals surface area contributed by atoms with E-state index < -0.39 is 0 Å². The first-order valence-corrected chi connectivity index (χ1v) is 7.70. The molecule has 4 heteroatoms. The van der Waals surface area contributed by atoms with Gasteiger partial charge in [-0.25, -0.2) is 4.68 Å². The van der Waals surface area contributed by atoms with Crippen LogP contribution in [0.5, 0.6) is 0 Å². The topological polar surface area (TPSA) is 33.1 Å². The molecular weight excluding hydrogens is 260 g/mol. The van der Waals surface area contributed by atoms with E-state index >= 15 is 0 Å². The van der Waals surface area contributed by atoms with Crippen LogP contribution in [0, 0.1) is 5.92 Å². The molecule has 0 bridgehead atoms. The van der Waals surface area contributed by atoms with E-state index in [9.17, 15) is 0 Å². The highest BCUT2D eigenvalue weighted by molar-refractivity contribution is 5.49. The Labute approximate surface area is 126 Å². The quantitative estimate of drug-likeness (QED) is 0.940. The van der Waals surface area contributed by atoms with Crippen LogP contribution in [0.1, 0.15) is 20.3 Å². The molecule has 21 heavy (non-hydrogen) atoms. The van der Waals surface area contributed by atoms with Gasteiger partial charge in [0.25, 0.3) is 0 Å². The lowest BCUT2D eigenvalue weighted by Gasteiger charge is -2.40. The minimum absolute atomic E-state index is 0.548. The van der Waals surface area contributed by atoms with Gasteiger partial charge in [-0.05, 0) is 56.6 Å². The Balaban J connectivity index is 1.68. The number of anilines is 1. The number of aromatic nitrogens is 2.